The van der Waals surface area contributed by atoms with E-state index in [0.29, 0.717) is 6.42 Å². The zero-order valence-electron chi connectivity index (χ0n) is 10.5. The van der Waals surface area contributed by atoms with Crippen LogP contribution >= 0.6 is 0 Å². The first-order valence-corrected chi connectivity index (χ1v) is 5.88. The van der Waals surface area contributed by atoms with Crippen LogP contribution in [0, 0.1) is 16.7 Å². The largest absolute Gasteiger partial charge is 0.392 e. The molecule has 0 heterocycles. The summed E-state index contributed by atoms with van der Waals surface area (Å²) < 4.78 is 0. The molecule has 0 bridgehead atoms. The number of para-hydroxylation sites is 1. The zero-order chi connectivity index (χ0) is 12.7. The summed E-state index contributed by atoms with van der Waals surface area (Å²) in [4.78, 5) is 0. The molecule has 0 amide bonds. The molecule has 0 aromatic heterocycles. The van der Waals surface area contributed by atoms with Gasteiger partial charge in [0.2, 0.25) is 0 Å². The molecule has 0 unspecified atom stereocenters. The summed E-state index contributed by atoms with van der Waals surface area (Å²) in [6.07, 6.45) is 1.45. The maximum atomic E-state index is 9.21. The number of aliphatic hydroxyl groups is 1. The predicted molar refractivity (Wildman–Crippen MR) is 69.5 cm³/mol. The summed E-state index contributed by atoms with van der Waals surface area (Å²) in [6.45, 7) is 5.12. The maximum Gasteiger partial charge on any atom is 0.0701 e. The lowest BCUT2D eigenvalue weighted by Crippen LogP contribution is -2.23. The first-order chi connectivity index (χ1) is 8.09. The van der Waals surface area contributed by atoms with Gasteiger partial charge in [0.15, 0.2) is 0 Å². The van der Waals surface area contributed by atoms with Crippen LogP contribution in [-0.4, -0.2) is 11.7 Å². The second-order valence-electron chi connectivity index (χ2n) is 4.99. The van der Waals surface area contributed by atoms with E-state index in [-0.39, 0.29) is 12.0 Å². The SMILES string of the molecule is CC(C)(CCC#N)CNc1ccccc1CO. The van der Waals surface area contributed by atoms with Gasteiger partial charge in [-0.1, -0.05) is 32.0 Å². The third-order valence-corrected chi connectivity index (χ3v) is 2.86. The fourth-order valence-electron chi connectivity index (χ4n) is 1.65. The Hall–Kier alpha value is -1.53. The number of anilines is 1. The molecular formula is C14H20N2O. The molecule has 0 atom stereocenters. The number of hydrogen-bond donors (Lipinski definition) is 2. The summed E-state index contributed by atoms with van der Waals surface area (Å²) in [5, 5.41) is 21.1. The summed E-state index contributed by atoms with van der Waals surface area (Å²) in [6, 6.07) is 9.91. The Bertz CT molecular complexity index is 393. The Morgan fingerprint density at radius 1 is 1.35 bits per heavy atom. The van der Waals surface area contributed by atoms with Gasteiger partial charge in [-0.2, -0.15) is 5.26 Å². The van der Waals surface area contributed by atoms with Gasteiger partial charge in [-0.15, -0.1) is 0 Å². The molecule has 0 aliphatic heterocycles. The van der Waals surface area contributed by atoms with E-state index in [4.69, 9.17) is 5.26 Å². The van der Waals surface area contributed by atoms with Crippen LogP contribution in [0.25, 0.3) is 0 Å². The van der Waals surface area contributed by atoms with Crippen molar-refractivity contribution in [2.75, 3.05) is 11.9 Å². The number of nitriles is 1. The smallest absolute Gasteiger partial charge is 0.0701 e. The second-order valence-corrected chi connectivity index (χ2v) is 4.99. The molecule has 0 aliphatic rings. The highest BCUT2D eigenvalue weighted by atomic mass is 16.3. The lowest BCUT2D eigenvalue weighted by Gasteiger charge is -2.25. The fourth-order valence-corrected chi connectivity index (χ4v) is 1.65. The average molecular weight is 232 g/mol. The molecule has 0 spiro atoms. The van der Waals surface area contributed by atoms with E-state index in [1.165, 1.54) is 0 Å². The number of aliphatic hydroxyl groups excluding tert-OH is 1. The Kier molecular flexibility index (Phi) is 4.99. The van der Waals surface area contributed by atoms with Gasteiger partial charge in [0.05, 0.1) is 12.7 Å². The summed E-state index contributed by atoms with van der Waals surface area (Å²) in [5.74, 6) is 0. The minimum atomic E-state index is 0.0434. The molecule has 1 rings (SSSR count). The number of rotatable bonds is 6. The Balaban J connectivity index is 2.58. The van der Waals surface area contributed by atoms with E-state index in [1.807, 2.05) is 24.3 Å². The van der Waals surface area contributed by atoms with Crippen molar-refractivity contribution in [1.82, 2.24) is 0 Å². The summed E-state index contributed by atoms with van der Waals surface area (Å²) >= 11 is 0. The van der Waals surface area contributed by atoms with Crippen LogP contribution in [0.2, 0.25) is 0 Å². The molecule has 0 fully saturated rings. The van der Waals surface area contributed by atoms with Gasteiger partial charge in [0.25, 0.3) is 0 Å². The van der Waals surface area contributed by atoms with E-state index >= 15 is 0 Å². The highest BCUT2D eigenvalue weighted by molar-refractivity contribution is 5.50. The Morgan fingerprint density at radius 2 is 2.06 bits per heavy atom. The second kappa shape index (κ2) is 6.27. The van der Waals surface area contributed by atoms with Gasteiger partial charge in [-0.25, -0.2) is 0 Å². The van der Waals surface area contributed by atoms with E-state index in [9.17, 15) is 5.11 Å². The molecule has 0 radical (unpaired) electrons. The van der Waals surface area contributed by atoms with Gasteiger partial charge in [-0.3, -0.25) is 0 Å². The molecule has 3 nitrogen and oxygen atoms in total. The lowest BCUT2D eigenvalue weighted by atomic mass is 9.88. The fraction of sp³-hybridized carbons (Fsp3) is 0.500. The molecule has 0 saturated carbocycles. The lowest BCUT2D eigenvalue weighted by molar-refractivity contribution is 0.282. The summed E-state index contributed by atoms with van der Waals surface area (Å²) in [7, 11) is 0. The van der Waals surface area contributed by atoms with Crippen molar-refractivity contribution in [2.24, 2.45) is 5.41 Å². The highest BCUT2D eigenvalue weighted by Crippen LogP contribution is 2.24. The van der Waals surface area contributed by atoms with Gasteiger partial charge >= 0.3 is 0 Å². The number of hydrogen-bond acceptors (Lipinski definition) is 3. The molecule has 1 aromatic rings. The number of nitrogens with one attached hydrogen (secondary N) is 1. The third-order valence-electron chi connectivity index (χ3n) is 2.86. The normalized spacial score (nSPS) is 10.9. The summed E-state index contributed by atoms with van der Waals surface area (Å²) in [5.41, 5.74) is 1.96. The van der Waals surface area contributed by atoms with E-state index in [2.05, 4.69) is 25.2 Å². The van der Waals surface area contributed by atoms with Crippen molar-refractivity contribution < 1.29 is 5.11 Å². The highest BCUT2D eigenvalue weighted by Gasteiger charge is 2.17. The predicted octanol–water partition coefficient (Wildman–Crippen LogP) is 2.92. The van der Waals surface area contributed by atoms with Crippen molar-refractivity contribution in [2.45, 2.75) is 33.3 Å². The molecule has 1 aromatic carbocycles. The average Bonchev–Trinajstić information content (AvgIpc) is 2.34. The topological polar surface area (TPSA) is 56.0 Å². The van der Waals surface area contributed by atoms with Crippen LogP contribution in [0.1, 0.15) is 32.3 Å². The maximum absolute atomic E-state index is 9.21. The standard InChI is InChI=1S/C14H20N2O/c1-14(2,8-5-9-15)11-16-13-7-4-3-6-12(13)10-17/h3-4,6-7,16-17H,5,8,10-11H2,1-2H3. The molecule has 0 aliphatic carbocycles. The van der Waals surface area contributed by atoms with Crippen LogP contribution in [0.3, 0.4) is 0 Å². The number of nitrogens with zero attached hydrogens (tertiary/aromatic N) is 1. The van der Waals surface area contributed by atoms with Crippen LogP contribution in [0.4, 0.5) is 5.69 Å². The van der Waals surface area contributed by atoms with E-state index in [0.717, 1.165) is 24.2 Å². The molecule has 3 heteroatoms. The van der Waals surface area contributed by atoms with E-state index < -0.39 is 0 Å². The Morgan fingerprint density at radius 3 is 2.71 bits per heavy atom. The minimum absolute atomic E-state index is 0.0434. The van der Waals surface area contributed by atoms with Crippen LogP contribution < -0.4 is 5.32 Å². The van der Waals surface area contributed by atoms with Crippen molar-refractivity contribution in [3.8, 4) is 6.07 Å². The quantitative estimate of drug-likeness (QED) is 0.793. The molecule has 92 valence electrons. The molecule has 2 N–H and O–H groups in total. The van der Waals surface area contributed by atoms with E-state index in [1.54, 1.807) is 0 Å². The Labute approximate surface area is 103 Å². The third kappa shape index (κ3) is 4.46. The molecular weight excluding hydrogens is 212 g/mol. The van der Waals surface area contributed by atoms with Crippen LogP contribution in [0.5, 0.6) is 0 Å². The van der Waals surface area contributed by atoms with Crippen LogP contribution in [-0.2, 0) is 6.61 Å². The van der Waals surface area contributed by atoms with Gasteiger partial charge < -0.3 is 10.4 Å². The first-order valence-electron chi connectivity index (χ1n) is 5.88. The minimum Gasteiger partial charge on any atom is -0.392 e. The zero-order valence-corrected chi connectivity index (χ0v) is 10.5. The van der Waals surface area contributed by atoms with Gasteiger partial charge in [0, 0.05) is 24.2 Å². The first kappa shape index (κ1) is 13.5. The van der Waals surface area contributed by atoms with Crippen LogP contribution in [0.15, 0.2) is 24.3 Å². The van der Waals surface area contributed by atoms with Crippen molar-refractivity contribution in [1.29, 1.82) is 5.26 Å². The monoisotopic (exact) mass is 232 g/mol. The van der Waals surface area contributed by atoms with Crippen molar-refractivity contribution in [3.05, 3.63) is 29.8 Å². The van der Waals surface area contributed by atoms with Crippen molar-refractivity contribution in [3.63, 3.8) is 0 Å². The van der Waals surface area contributed by atoms with Gasteiger partial charge in [-0.05, 0) is 17.9 Å². The molecule has 17 heavy (non-hydrogen) atoms. The van der Waals surface area contributed by atoms with Gasteiger partial charge in [0.1, 0.15) is 0 Å². The molecule has 0 saturated heterocycles. The van der Waals surface area contributed by atoms with Crippen molar-refractivity contribution >= 4 is 5.69 Å². The number of benzene rings is 1.